The number of benzene rings is 1. The average molecular weight is 448 g/mol. The van der Waals surface area contributed by atoms with E-state index in [1.807, 2.05) is 25.1 Å². The fourth-order valence-electron chi connectivity index (χ4n) is 3.86. The van der Waals surface area contributed by atoms with Crippen LogP contribution in [0.5, 0.6) is 0 Å². The summed E-state index contributed by atoms with van der Waals surface area (Å²) in [4.78, 5) is 14.3. The van der Waals surface area contributed by atoms with Crippen LogP contribution in [0.15, 0.2) is 29.3 Å². The van der Waals surface area contributed by atoms with Gasteiger partial charge in [-0.1, -0.05) is 32.0 Å². The van der Waals surface area contributed by atoms with E-state index in [4.69, 9.17) is 4.74 Å². The molecule has 1 aliphatic carbocycles. The van der Waals surface area contributed by atoms with E-state index < -0.39 is 16.4 Å². The van der Waals surface area contributed by atoms with Crippen LogP contribution in [-0.2, 0) is 21.8 Å². The Balaban J connectivity index is 1.56. The molecule has 168 valence electrons. The first-order chi connectivity index (χ1) is 14.6. The molecule has 1 fully saturated rings. The number of fused-ring (bicyclic) bond motifs is 1. The molecular formula is C21H29N5O4S. The predicted octanol–water partition coefficient (Wildman–Crippen LogP) is 2.54. The summed E-state index contributed by atoms with van der Waals surface area (Å²) in [6.07, 6.45) is 0.684. The largest absolute Gasteiger partial charge is 0.346 e. The number of sulfonamides is 1. The number of hydrogen-bond acceptors (Lipinski definition) is 6. The number of carbonyl (C=O) groups excluding carboxylic acids is 1. The van der Waals surface area contributed by atoms with E-state index in [1.165, 1.54) is 10.7 Å². The van der Waals surface area contributed by atoms with Gasteiger partial charge in [0.15, 0.2) is 11.4 Å². The molecule has 1 amide bonds. The van der Waals surface area contributed by atoms with E-state index in [1.54, 1.807) is 19.0 Å². The number of para-hydroxylation sites is 1. The minimum Gasteiger partial charge on any atom is -0.346 e. The Hall–Kier alpha value is -2.43. The van der Waals surface area contributed by atoms with Crippen LogP contribution in [0, 0.1) is 0 Å². The number of nitrogens with zero attached hydrogens (tertiary/aromatic N) is 3. The molecule has 9 nitrogen and oxygen atoms in total. The first kappa shape index (κ1) is 21.8. The zero-order valence-corrected chi connectivity index (χ0v) is 19.2. The zero-order valence-electron chi connectivity index (χ0n) is 18.4. The van der Waals surface area contributed by atoms with Crippen molar-refractivity contribution in [1.82, 2.24) is 19.4 Å². The topological polar surface area (TPSA) is 106 Å². The molecule has 2 atom stereocenters. The number of hydrogen-bond donors (Lipinski definition) is 2. The van der Waals surface area contributed by atoms with Gasteiger partial charge in [0.25, 0.3) is 15.9 Å². The number of aromatic nitrogens is 2. The lowest BCUT2D eigenvalue weighted by atomic mass is 9.95. The van der Waals surface area contributed by atoms with Crippen LogP contribution in [0.4, 0.5) is 5.69 Å². The van der Waals surface area contributed by atoms with Gasteiger partial charge in [-0.3, -0.25) is 9.48 Å². The average Bonchev–Trinajstić information content (AvgIpc) is 3.47. The lowest BCUT2D eigenvalue weighted by molar-refractivity contribution is -0.00123. The maximum Gasteiger partial charge on any atom is 0.272 e. The molecule has 1 aliphatic heterocycles. The first-order valence-corrected chi connectivity index (χ1v) is 11.9. The quantitative estimate of drug-likeness (QED) is 0.705. The number of amides is 1. The second kappa shape index (κ2) is 7.92. The summed E-state index contributed by atoms with van der Waals surface area (Å²) in [6.45, 7) is 6.06. The molecule has 2 N–H and O–H groups in total. The molecular weight excluding hydrogens is 418 g/mol. The van der Waals surface area contributed by atoms with Crippen molar-refractivity contribution in [2.75, 3.05) is 12.4 Å². The maximum atomic E-state index is 13.0. The van der Waals surface area contributed by atoms with Gasteiger partial charge in [-0.25, -0.2) is 8.42 Å². The van der Waals surface area contributed by atoms with Crippen molar-refractivity contribution >= 4 is 21.6 Å². The molecule has 1 saturated carbocycles. The van der Waals surface area contributed by atoms with Crippen molar-refractivity contribution in [1.29, 1.82) is 0 Å². The Bertz CT molecular complexity index is 1090. The number of rotatable bonds is 6. The molecule has 0 saturated heterocycles. The van der Waals surface area contributed by atoms with Crippen LogP contribution in [0.1, 0.15) is 67.3 Å². The molecule has 0 bridgehead atoms. The standard InChI is InChI=1S/C21H29N5O4S/c1-12(2)15-7-6-8-16-13(3)30-21(22-19(15)16)24-31(28,29)18-11-17(26(5)23-18)20(27)25(4)14-9-10-14/h6-8,11-14,21-22,24H,9-10H2,1-5H3. The van der Waals surface area contributed by atoms with E-state index in [0.717, 1.165) is 29.7 Å². The second-order valence-corrected chi connectivity index (χ2v) is 10.2. The Morgan fingerprint density at radius 1 is 1.35 bits per heavy atom. The molecule has 2 aliphatic rings. The Morgan fingerprint density at radius 2 is 2.06 bits per heavy atom. The highest BCUT2D eigenvalue weighted by molar-refractivity contribution is 7.89. The maximum absolute atomic E-state index is 13.0. The van der Waals surface area contributed by atoms with E-state index >= 15 is 0 Å². The third kappa shape index (κ3) is 4.19. The molecule has 2 unspecified atom stereocenters. The fourth-order valence-corrected chi connectivity index (χ4v) is 4.87. The Kier molecular flexibility index (Phi) is 5.57. The predicted molar refractivity (Wildman–Crippen MR) is 116 cm³/mol. The summed E-state index contributed by atoms with van der Waals surface area (Å²) in [5.41, 5.74) is 3.18. The van der Waals surface area contributed by atoms with Crippen molar-refractivity contribution in [2.45, 2.75) is 63.1 Å². The first-order valence-electron chi connectivity index (χ1n) is 10.5. The van der Waals surface area contributed by atoms with Gasteiger partial charge in [-0.15, -0.1) is 0 Å². The lowest BCUT2D eigenvalue weighted by Gasteiger charge is -2.34. The minimum absolute atomic E-state index is 0.219. The molecule has 10 heteroatoms. The van der Waals surface area contributed by atoms with Crippen LogP contribution >= 0.6 is 0 Å². The van der Waals surface area contributed by atoms with Crippen molar-refractivity contribution in [2.24, 2.45) is 7.05 Å². The van der Waals surface area contributed by atoms with Crippen LogP contribution < -0.4 is 10.0 Å². The van der Waals surface area contributed by atoms with Gasteiger partial charge >= 0.3 is 0 Å². The summed E-state index contributed by atoms with van der Waals surface area (Å²) in [5.74, 6) is 0.0212. The van der Waals surface area contributed by atoms with E-state index in [-0.39, 0.29) is 34.7 Å². The van der Waals surface area contributed by atoms with Crippen LogP contribution in [0.2, 0.25) is 0 Å². The van der Waals surface area contributed by atoms with Gasteiger partial charge in [-0.2, -0.15) is 9.82 Å². The molecule has 0 radical (unpaired) electrons. The number of nitrogens with one attached hydrogen (secondary N) is 2. The van der Waals surface area contributed by atoms with E-state index in [9.17, 15) is 13.2 Å². The summed E-state index contributed by atoms with van der Waals surface area (Å²) >= 11 is 0. The van der Waals surface area contributed by atoms with Crippen LogP contribution in [-0.4, -0.2) is 48.4 Å². The summed E-state index contributed by atoms with van der Waals surface area (Å²) in [5, 5.41) is 7.02. The van der Waals surface area contributed by atoms with Gasteiger partial charge < -0.3 is 15.0 Å². The number of aryl methyl sites for hydroxylation is 1. The Labute approximate surface area is 182 Å². The third-order valence-electron chi connectivity index (χ3n) is 5.83. The smallest absolute Gasteiger partial charge is 0.272 e. The Morgan fingerprint density at radius 3 is 2.71 bits per heavy atom. The van der Waals surface area contributed by atoms with Crippen molar-refractivity contribution in [3.05, 3.63) is 41.1 Å². The monoisotopic (exact) mass is 447 g/mol. The lowest BCUT2D eigenvalue weighted by Crippen LogP contribution is -2.45. The molecule has 4 rings (SSSR count). The minimum atomic E-state index is -4.02. The number of anilines is 1. The fraction of sp³-hybridized carbons (Fsp3) is 0.524. The molecule has 2 heterocycles. The number of ether oxygens (including phenoxy) is 1. The third-order valence-corrected chi connectivity index (χ3v) is 7.11. The van der Waals surface area contributed by atoms with Gasteiger partial charge in [0.05, 0.1) is 6.10 Å². The molecule has 1 aromatic heterocycles. The number of carbonyl (C=O) groups is 1. The summed E-state index contributed by atoms with van der Waals surface area (Å²) in [6, 6.07) is 7.50. The SMILES string of the molecule is CC(C)c1cccc2c1NC(NS(=O)(=O)c1cc(C(=O)N(C)C3CC3)n(C)n1)OC2C. The highest BCUT2D eigenvalue weighted by Crippen LogP contribution is 2.37. The highest BCUT2D eigenvalue weighted by atomic mass is 32.2. The van der Waals surface area contributed by atoms with Crippen LogP contribution in [0.3, 0.4) is 0 Å². The zero-order chi connectivity index (χ0) is 22.5. The van der Waals surface area contributed by atoms with Gasteiger partial charge in [-0.05, 0) is 31.2 Å². The van der Waals surface area contributed by atoms with Gasteiger partial charge in [0.2, 0.25) is 0 Å². The van der Waals surface area contributed by atoms with Crippen molar-refractivity contribution in [3.63, 3.8) is 0 Å². The van der Waals surface area contributed by atoms with E-state index in [0.29, 0.717) is 0 Å². The normalized spacial score (nSPS) is 21.0. The second-order valence-electron chi connectivity index (χ2n) is 8.53. The van der Waals surface area contributed by atoms with Crippen molar-refractivity contribution in [3.8, 4) is 0 Å². The molecule has 0 spiro atoms. The molecule has 2 aromatic rings. The highest BCUT2D eigenvalue weighted by Gasteiger charge is 2.34. The van der Waals surface area contributed by atoms with Crippen molar-refractivity contribution < 1.29 is 17.9 Å². The van der Waals surface area contributed by atoms with E-state index in [2.05, 4.69) is 29.0 Å². The van der Waals surface area contributed by atoms with Gasteiger partial charge in [0, 0.05) is 37.5 Å². The van der Waals surface area contributed by atoms with Gasteiger partial charge in [0.1, 0.15) is 5.69 Å². The molecule has 31 heavy (non-hydrogen) atoms. The molecule has 1 aromatic carbocycles. The summed E-state index contributed by atoms with van der Waals surface area (Å²) < 4.78 is 35.7. The summed E-state index contributed by atoms with van der Waals surface area (Å²) in [7, 11) is -0.733. The van der Waals surface area contributed by atoms with Crippen LogP contribution in [0.25, 0.3) is 0 Å².